The average Bonchev–Trinajstić information content (AvgIpc) is 2.36. The van der Waals surface area contributed by atoms with Gasteiger partial charge in [-0.05, 0) is 32.9 Å². The molecule has 0 spiro atoms. The molecule has 1 aromatic rings. The van der Waals surface area contributed by atoms with Crippen molar-refractivity contribution in [3.05, 3.63) is 24.3 Å². The van der Waals surface area contributed by atoms with E-state index >= 15 is 0 Å². The van der Waals surface area contributed by atoms with Gasteiger partial charge in [0, 0.05) is 24.3 Å². The highest BCUT2D eigenvalue weighted by Gasteiger charge is 2.25. The number of phenolic OH excluding ortho intramolecular Hbond substituents is 1. The number of urea groups is 1. The maximum atomic E-state index is 12.5. The summed E-state index contributed by atoms with van der Waals surface area (Å²) in [5.74, 6) is -0.998. The van der Waals surface area contributed by atoms with Crippen LogP contribution in [0, 0.1) is 0 Å². The van der Waals surface area contributed by atoms with Gasteiger partial charge >= 0.3 is 12.0 Å². The number of amides is 2. The maximum Gasteiger partial charge on any atom is 0.325 e. The monoisotopic (exact) mass is 280 g/mol. The highest BCUT2D eigenvalue weighted by molar-refractivity contribution is 5.94. The number of anilines is 1. The fourth-order valence-electron chi connectivity index (χ4n) is 1.86. The van der Waals surface area contributed by atoms with Crippen LogP contribution in [0.1, 0.15) is 20.8 Å². The predicted molar refractivity (Wildman–Crippen MR) is 76.0 cm³/mol. The van der Waals surface area contributed by atoms with Crippen molar-refractivity contribution in [2.75, 3.05) is 18.0 Å². The Bertz CT molecular complexity index is 488. The Hall–Kier alpha value is -2.24. The van der Waals surface area contributed by atoms with Gasteiger partial charge in [0.05, 0.1) is 0 Å². The zero-order chi connectivity index (χ0) is 15.3. The van der Waals surface area contributed by atoms with Crippen molar-refractivity contribution in [3.63, 3.8) is 0 Å². The predicted octanol–water partition coefficient (Wildman–Crippen LogP) is 2.13. The Morgan fingerprint density at radius 2 is 1.95 bits per heavy atom. The second-order valence-electron chi connectivity index (χ2n) is 4.66. The summed E-state index contributed by atoms with van der Waals surface area (Å²) in [5, 5.41) is 18.4. The van der Waals surface area contributed by atoms with Crippen molar-refractivity contribution < 1.29 is 19.8 Å². The summed E-state index contributed by atoms with van der Waals surface area (Å²) in [6.45, 7) is 5.34. The van der Waals surface area contributed by atoms with Crippen molar-refractivity contribution in [2.45, 2.75) is 26.8 Å². The molecule has 20 heavy (non-hydrogen) atoms. The van der Waals surface area contributed by atoms with E-state index < -0.39 is 12.0 Å². The highest BCUT2D eigenvalue weighted by Crippen LogP contribution is 2.21. The number of aromatic hydroxyl groups is 1. The largest absolute Gasteiger partial charge is 0.508 e. The van der Waals surface area contributed by atoms with Crippen molar-refractivity contribution in [1.29, 1.82) is 0 Å². The number of carbonyl (C=O) groups is 2. The van der Waals surface area contributed by atoms with Crippen LogP contribution < -0.4 is 4.90 Å². The first-order valence-electron chi connectivity index (χ1n) is 6.45. The van der Waals surface area contributed by atoms with E-state index in [1.54, 1.807) is 32.9 Å². The first-order chi connectivity index (χ1) is 9.36. The highest BCUT2D eigenvalue weighted by atomic mass is 16.4. The van der Waals surface area contributed by atoms with Crippen molar-refractivity contribution in [3.8, 4) is 5.75 Å². The van der Waals surface area contributed by atoms with E-state index in [2.05, 4.69) is 0 Å². The Kier molecular flexibility index (Phi) is 5.37. The van der Waals surface area contributed by atoms with E-state index in [0.29, 0.717) is 12.2 Å². The molecule has 0 aromatic heterocycles. The number of hydrogen-bond acceptors (Lipinski definition) is 3. The molecule has 0 bridgehead atoms. The molecular formula is C14H20N2O4. The fourth-order valence-corrected chi connectivity index (χ4v) is 1.86. The molecule has 0 radical (unpaired) electrons. The third kappa shape index (κ3) is 3.88. The van der Waals surface area contributed by atoms with Gasteiger partial charge in [0.2, 0.25) is 0 Å². The van der Waals surface area contributed by atoms with Crippen LogP contribution in [-0.2, 0) is 4.79 Å². The summed E-state index contributed by atoms with van der Waals surface area (Å²) in [7, 11) is 0. The van der Waals surface area contributed by atoms with Gasteiger partial charge in [-0.25, -0.2) is 4.79 Å². The SMILES string of the molecule is CCN(C(=O)N(CC(=O)O)C(C)C)c1cccc(O)c1. The van der Waals surface area contributed by atoms with Crippen molar-refractivity contribution in [1.82, 2.24) is 4.90 Å². The Labute approximate surface area is 118 Å². The summed E-state index contributed by atoms with van der Waals surface area (Å²) in [6, 6.07) is 5.69. The van der Waals surface area contributed by atoms with Gasteiger partial charge in [0.15, 0.2) is 0 Å². The van der Waals surface area contributed by atoms with Gasteiger partial charge in [-0.2, -0.15) is 0 Å². The molecule has 0 fully saturated rings. The number of phenols is 1. The third-order valence-corrected chi connectivity index (χ3v) is 2.86. The van der Waals surface area contributed by atoms with Gasteiger partial charge in [-0.3, -0.25) is 9.69 Å². The Morgan fingerprint density at radius 1 is 1.30 bits per heavy atom. The molecule has 0 saturated carbocycles. The summed E-state index contributed by atoms with van der Waals surface area (Å²) < 4.78 is 0. The molecule has 0 unspecified atom stereocenters. The lowest BCUT2D eigenvalue weighted by molar-refractivity contribution is -0.137. The molecule has 0 aliphatic rings. The quantitative estimate of drug-likeness (QED) is 0.865. The molecule has 1 aromatic carbocycles. The number of hydrogen-bond donors (Lipinski definition) is 2. The number of nitrogens with zero attached hydrogens (tertiary/aromatic N) is 2. The standard InChI is InChI=1S/C14H20N2O4/c1-4-15(11-6-5-7-12(17)8-11)14(20)16(10(2)3)9-13(18)19/h5-8,10,17H,4,9H2,1-3H3,(H,18,19). The molecule has 6 heteroatoms. The number of carboxylic acid groups (broad SMARTS) is 1. The lowest BCUT2D eigenvalue weighted by atomic mass is 10.2. The molecule has 6 nitrogen and oxygen atoms in total. The average molecular weight is 280 g/mol. The van der Waals surface area contributed by atoms with Crippen LogP contribution in [0.25, 0.3) is 0 Å². The number of rotatable bonds is 5. The van der Waals surface area contributed by atoms with E-state index in [4.69, 9.17) is 5.11 Å². The zero-order valence-electron chi connectivity index (χ0n) is 11.9. The molecule has 110 valence electrons. The summed E-state index contributed by atoms with van der Waals surface area (Å²) in [6.07, 6.45) is 0. The minimum Gasteiger partial charge on any atom is -0.508 e. The van der Waals surface area contributed by atoms with Crippen LogP contribution in [0.4, 0.5) is 10.5 Å². The van der Waals surface area contributed by atoms with Crippen molar-refractivity contribution in [2.24, 2.45) is 0 Å². The van der Waals surface area contributed by atoms with E-state index in [9.17, 15) is 14.7 Å². The minimum absolute atomic E-state index is 0.0584. The molecule has 2 amide bonds. The van der Waals surface area contributed by atoms with Crippen LogP contribution >= 0.6 is 0 Å². The lowest BCUT2D eigenvalue weighted by Gasteiger charge is -2.31. The van der Waals surface area contributed by atoms with E-state index in [0.717, 1.165) is 0 Å². The number of benzene rings is 1. The van der Waals surface area contributed by atoms with Gasteiger partial charge in [-0.1, -0.05) is 6.07 Å². The molecule has 1 rings (SSSR count). The summed E-state index contributed by atoms with van der Waals surface area (Å²) >= 11 is 0. The second kappa shape index (κ2) is 6.79. The topological polar surface area (TPSA) is 81.1 Å². The van der Waals surface area contributed by atoms with Crippen molar-refractivity contribution >= 4 is 17.7 Å². The molecule has 0 aliphatic carbocycles. The zero-order valence-corrected chi connectivity index (χ0v) is 11.9. The van der Waals surface area contributed by atoms with E-state index in [1.165, 1.54) is 21.9 Å². The molecule has 0 saturated heterocycles. The number of aliphatic carboxylic acids is 1. The summed E-state index contributed by atoms with van der Waals surface area (Å²) in [5.41, 5.74) is 0.536. The molecule has 0 heterocycles. The van der Waals surface area contributed by atoms with E-state index in [1.807, 2.05) is 0 Å². The Morgan fingerprint density at radius 3 is 2.40 bits per heavy atom. The Balaban J connectivity index is 3.03. The number of carbonyl (C=O) groups excluding carboxylic acids is 1. The lowest BCUT2D eigenvalue weighted by Crippen LogP contribution is -2.48. The maximum absolute atomic E-state index is 12.5. The molecule has 0 atom stereocenters. The van der Waals surface area contributed by atoms with E-state index in [-0.39, 0.29) is 18.3 Å². The smallest absolute Gasteiger partial charge is 0.325 e. The van der Waals surface area contributed by atoms with Crippen LogP contribution in [0.15, 0.2) is 24.3 Å². The third-order valence-electron chi connectivity index (χ3n) is 2.86. The molecule has 0 aliphatic heterocycles. The van der Waals surface area contributed by atoms with Gasteiger partial charge in [0.1, 0.15) is 12.3 Å². The first-order valence-corrected chi connectivity index (χ1v) is 6.45. The van der Waals surface area contributed by atoms with Gasteiger partial charge in [0.25, 0.3) is 0 Å². The van der Waals surface area contributed by atoms with Crippen LogP contribution in [0.5, 0.6) is 5.75 Å². The minimum atomic E-state index is -1.06. The summed E-state index contributed by atoms with van der Waals surface area (Å²) in [4.78, 5) is 26.0. The van der Waals surface area contributed by atoms with Gasteiger partial charge < -0.3 is 15.1 Å². The number of carboxylic acids is 1. The van der Waals surface area contributed by atoms with Crippen LogP contribution in [-0.4, -0.2) is 46.2 Å². The second-order valence-corrected chi connectivity index (χ2v) is 4.66. The van der Waals surface area contributed by atoms with Gasteiger partial charge in [-0.15, -0.1) is 0 Å². The normalized spacial score (nSPS) is 10.4. The first kappa shape index (κ1) is 15.8. The molecule has 2 N–H and O–H groups in total. The fraction of sp³-hybridized carbons (Fsp3) is 0.429. The van der Waals surface area contributed by atoms with Crippen LogP contribution in [0.2, 0.25) is 0 Å². The molecular weight excluding hydrogens is 260 g/mol. The van der Waals surface area contributed by atoms with Crippen LogP contribution in [0.3, 0.4) is 0 Å².